The topological polar surface area (TPSA) is 158 Å². The molecule has 4 bridgehead atoms. The third-order valence-electron chi connectivity index (χ3n) is 8.05. The summed E-state index contributed by atoms with van der Waals surface area (Å²) in [5.74, 6) is -7.34. The Kier molecular flexibility index (Phi) is 7.62. The number of carboxylic acids is 2. The minimum Gasteiger partial charge on any atom is -0.481 e. The number of hydrogen-bond donors (Lipinski definition) is 4. The number of aliphatic hydroxyl groups is 2. The normalized spacial score (nSPS) is 40.8. The highest BCUT2D eigenvalue weighted by Crippen LogP contribution is 2.58. The number of rotatable bonds is 10. The van der Waals surface area contributed by atoms with Crippen LogP contribution in [0.1, 0.15) is 25.7 Å². The Morgan fingerprint density at radius 2 is 1.06 bits per heavy atom. The molecule has 0 spiro atoms. The van der Waals surface area contributed by atoms with Gasteiger partial charge >= 0.3 is 23.9 Å². The van der Waals surface area contributed by atoms with E-state index in [0.29, 0.717) is 37.2 Å². The lowest BCUT2D eigenvalue weighted by Crippen LogP contribution is -2.44. The maximum atomic E-state index is 13.0. The first-order valence-electron chi connectivity index (χ1n) is 11.4. The Bertz CT molecular complexity index is 741. The quantitative estimate of drug-likeness (QED) is 0.249. The van der Waals surface area contributed by atoms with E-state index >= 15 is 0 Å². The highest BCUT2D eigenvalue weighted by atomic mass is 32.2. The Hall–Kier alpha value is -1.30. The van der Waals surface area contributed by atoms with Gasteiger partial charge in [-0.05, 0) is 49.4 Å². The van der Waals surface area contributed by atoms with Gasteiger partial charge in [-0.2, -0.15) is 23.5 Å². The molecule has 4 fully saturated rings. The first-order chi connectivity index (χ1) is 15.8. The molecule has 4 rings (SSSR count). The van der Waals surface area contributed by atoms with E-state index in [1.54, 1.807) is 0 Å². The highest BCUT2D eigenvalue weighted by molar-refractivity contribution is 8.00. The van der Waals surface area contributed by atoms with Crippen LogP contribution in [0.5, 0.6) is 0 Å². The number of carbonyl (C=O) groups excluding carboxylic acids is 2. The lowest BCUT2D eigenvalue weighted by Gasteiger charge is -2.33. The van der Waals surface area contributed by atoms with Crippen LogP contribution in [0, 0.1) is 47.3 Å². The largest absolute Gasteiger partial charge is 0.481 e. The molecular weight excluding hydrogens is 472 g/mol. The number of aliphatic hydroxyl groups excluding tert-OH is 2. The van der Waals surface area contributed by atoms with Crippen molar-refractivity contribution in [1.82, 2.24) is 0 Å². The Balaban J connectivity index is 1.43. The second-order valence-electron chi connectivity index (χ2n) is 9.58. The lowest BCUT2D eigenvalue weighted by atomic mass is 9.78. The summed E-state index contributed by atoms with van der Waals surface area (Å²) >= 11 is 3.04. The zero-order chi connectivity index (χ0) is 23.9. The SMILES string of the molecule is O=C(OC(=O)C1C2CC(SCCO)C(C2)C1C(=O)O)C1C2CC(SCCO)C(C2)C1C(=O)O. The van der Waals surface area contributed by atoms with Crippen LogP contribution in [0.4, 0.5) is 0 Å². The summed E-state index contributed by atoms with van der Waals surface area (Å²) in [5.41, 5.74) is 0. The fraction of sp³-hybridized carbons (Fsp3) is 0.818. The molecule has 0 aromatic carbocycles. The summed E-state index contributed by atoms with van der Waals surface area (Å²) in [6.07, 6.45) is 2.43. The molecule has 11 heteroatoms. The van der Waals surface area contributed by atoms with Gasteiger partial charge in [0.25, 0.3) is 0 Å². The third kappa shape index (κ3) is 4.53. The fourth-order valence-electron chi connectivity index (χ4n) is 6.98. The number of carbonyl (C=O) groups is 4. The molecule has 0 aliphatic heterocycles. The molecule has 4 N–H and O–H groups in total. The van der Waals surface area contributed by atoms with E-state index in [4.69, 9.17) is 14.9 Å². The summed E-state index contributed by atoms with van der Waals surface area (Å²) in [5, 5.41) is 37.9. The van der Waals surface area contributed by atoms with Crippen LogP contribution in [0.3, 0.4) is 0 Å². The van der Waals surface area contributed by atoms with Crippen LogP contribution in [0.25, 0.3) is 0 Å². The Labute approximate surface area is 200 Å². The van der Waals surface area contributed by atoms with Crippen molar-refractivity contribution >= 4 is 47.4 Å². The van der Waals surface area contributed by atoms with Crippen molar-refractivity contribution in [3.05, 3.63) is 0 Å². The molecule has 4 aliphatic carbocycles. The number of ether oxygens (including phenoxy) is 1. The average Bonchev–Trinajstić information content (AvgIpc) is 3.53. The number of thioether (sulfide) groups is 2. The zero-order valence-corrected chi connectivity index (χ0v) is 19.7. The van der Waals surface area contributed by atoms with Gasteiger partial charge in [0.2, 0.25) is 0 Å². The van der Waals surface area contributed by atoms with Gasteiger partial charge in [-0.15, -0.1) is 0 Å². The molecule has 4 aliphatic rings. The van der Waals surface area contributed by atoms with Crippen LogP contribution in [-0.2, 0) is 23.9 Å². The second kappa shape index (κ2) is 10.1. The summed E-state index contributed by atoms with van der Waals surface area (Å²) in [6.45, 7) is 0.00778. The van der Waals surface area contributed by atoms with E-state index in [2.05, 4.69) is 0 Å². The van der Waals surface area contributed by atoms with Gasteiger partial charge in [0.15, 0.2) is 0 Å². The lowest BCUT2D eigenvalue weighted by molar-refractivity contribution is -0.174. The van der Waals surface area contributed by atoms with Crippen LogP contribution < -0.4 is 0 Å². The van der Waals surface area contributed by atoms with E-state index in [1.807, 2.05) is 0 Å². The molecule has 4 saturated carbocycles. The van der Waals surface area contributed by atoms with Gasteiger partial charge in [0.1, 0.15) is 0 Å². The van der Waals surface area contributed by atoms with Crippen molar-refractivity contribution < 1.29 is 44.3 Å². The molecule has 33 heavy (non-hydrogen) atoms. The van der Waals surface area contributed by atoms with Crippen LogP contribution in [0.15, 0.2) is 0 Å². The Morgan fingerprint density at radius 1 is 0.667 bits per heavy atom. The summed E-state index contributed by atoms with van der Waals surface area (Å²) < 4.78 is 5.22. The van der Waals surface area contributed by atoms with Crippen molar-refractivity contribution in [2.75, 3.05) is 24.7 Å². The van der Waals surface area contributed by atoms with Crippen molar-refractivity contribution in [3.63, 3.8) is 0 Å². The number of fused-ring (bicyclic) bond motifs is 4. The first-order valence-corrected chi connectivity index (χ1v) is 13.5. The van der Waals surface area contributed by atoms with Gasteiger partial charge in [-0.3, -0.25) is 19.2 Å². The molecule has 184 valence electrons. The van der Waals surface area contributed by atoms with Gasteiger partial charge in [0, 0.05) is 22.0 Å². The average molecular weight is 503 g/mol. The monoisotopic (exact) mass is 502 g/mol. The molecule has 0 aromatic rings. The molecule has 9 nitrogen and oxygen atoms in total. The van der Waals surface area contributed by atoms with Crippen LogP contribution >= 0.6 is 23.5 Å². The molecule has 0 heterocycles. The highest BCUT2D eigenvalue weighted by Gasteiger charge is 2.61. The van der Waals surface area contributed by atoms with E-state index in [1.165, 1.54) is 23.5 Å². The van der Waals surface area contributed by atoms with Crippen molar-refractivity contribution in [2.24, 2.45) is 47.3 Å². The first kappa shape index (κ1) is 24.8. The second-order valence-corrected chi connectivity index (χ2v) is 12.3. The van der Waals surface area contributed by atoms with E-state index in [-0.39, 0.29) is 47.4 Å². The summed E-state index contributed by atoms with van der Waals surface area (Å²) in [6, 6.07) is 0. The maximum Gasteiger partial charge on any atom is 0.317 e. The molecule has 10 unspecified atom stereocenters. The van der Waals surface area contributed by atoms with Crippen LogP contribution in [0.2, 0.25) is 0 Å². The molecule has 10 atom stereocenters. The molecule has 0 radical (unpaired) electrons. The van der Waals surface area contributed by atoms with Gasteiger partial charge in [-0.25, -0.2) is 0 Å². The van der Waals surface area contributed by atoms with Crippen molar-refractivity contribution in [1.29, 1.82) is 0 Å². The predicted molar refractivity (Wildman–Crippen MR) is 119 cm³/mol. The zero-order valence-electron chi connectivity index (χ0n) is 18.1. The van der Waals surface area contributed by atoms with Gasteiger partial charge in [-0.1, -0.05) is 0 Å². The molecule has 0 aromatic heterocycles. The van der Waals surface area contributed by atoms with Gasteiger partial charge in [0.05, 0.1) is 36.9 Å². The summed E-state index contributed by atoms with van der Waals surface area (Å²) in [4.78, 5) is 50.0. The van der Waals surface area contributed by atoms with Crippen molar-refractivity contribution in [2.45, 2.75) is 36.2 Å². The number of hydrogen-bond acceptors (Lipinski definition) is 9. The van der Waals surface area contributed by atoms with Crippen LogP contribution in [-0.4, -0.2) is 79.5 Å². The van der Waals surface area contributed by atoms with E-state index in [0.717, 1.165) is 0 Å². The van der Waals surface area contributed by atoms with Gasteiger partial charge < -0.3 is 25.2 Å². The maximum absolute atomic E-state index is 13.0. The number of esters is 2. The standard InChI is InChI=1S/C22H30O9S2/c23-1-3-32-13-7-9-5-11(13)17(19(25)26)15(9)21(29)31-22(30)16-10-6-12(18(16)20(27)28)14(8-10)33-4-2-24/h9-18,23-24H,1-8H2,(H,25,26)(H,27,28). The molecule has 0 saturated heterocycles. The third-order valence-corrected chi connectivity index (χ3v) is 10.8. The van der Waals surface area contributed by atoms with E-state index < -0.39 is 47.5 Å². The van der Waals surface area contributed by atoms with Crippen molar-refractivity contribution in [3.8, 4) is 0 Å². The minimum atomic E-state index is -1.08. The number of carboxylic acid groups (broad SMARTS) is 2. The summed E-state index contributed by atoms with van der Waals surface area (Å²) in [7, 11) is 0. The van der Waals surface area contributed by atoms with E-state index in [9.17, 15) is 29.4 Å². The number of aliphatic carboxylic acids is 2. The fourth-order valence-corrected chi connectivity index (χ4v) is 9.62. The predicted octanol–water partition coefficient (Wildman–Crippen LogP) is 0.958. The minimum absolute atomic E-state index is 0.00389. The molecule has 0 amide bonds. The molecular formula is C22H30O9S2. The Morgan fingerprint density at radius 3 is 1.39 bits per heavy atom. The smallest absolute Gasteiger partial charge is 0.317 e.